The third-order valence-corrected chi connectivity index (χ3v) is 3.49. The van der Waals surface area contributed by atoms with Gasteiger partial charge in [0, 0.05) is 37.7 Å². The van der Waals surface area contributed by atoms with Crippen LogP contribution in [-0.4, -0.2) is 10.1 Å². The van der Waals surface area contributed by atoms with Crippen molar-refractivity contribution in [1.29, 1.82) is 5.26 Å². The molecule has 2 heterocycles. The second kappa shape index (κ2) is 7.81. The first kappa shape index (κ1) is 17.8. The van der Waals surface area contributed by atoms with Crippen LogP contribution in [-0.2, 0) is 20.4 Å². The van der Waals surface area contributed by atoms with Crippen molar-refractivity contribution in [2.24, 2.45) is 0 Å². The van der Waals surface area contributed by atoms with Crippen LogP contribution in [0.15, 0.2) is 65.7 Å². The van der Waals surface area contributed by atoms with E-state index in [1.165, 1.54) is 6.20 Å². The molecule has 2 aromatic heterocycles. The Bertz CT molecular complexity index is 933. The molecule has 1 aromatic carbocycles. The molecule has 1 radical (unpaired) electrons. The van der Waals surface area contributed by atoms with Crippen molar-refractivity contribution in [1.82, 2.24) is 9.97 Å². The van der Waals surface area contributed by atoms with Crippen LogP contribution in [0.1, 0.15) is 22.9 Å². The van der Waals surface area contributed by atoms with Crippen LogP contribution in [0.4, 0.5) is 0 Å². The first-order chi connectivity index (χ1) is 11.2. The Morgan fingerprint density at radius 2 is 1.88 bits per heavy atom. The van der Waals surface area contributed by atoms with Crippen molar-refractivity contribution < 1.29 is 25.5 Å². The number of rotatable bonds is 3. The third-order valence-electron chi connectivity index (χ3n) is 3.49. The van der Waals surface area contributed by atoms with Crippen LogP contribution in [0.25, 0.3) is 11.1 Å². The number of nitriles is 1. The van der Waals surface area contributed by atoms with E-state index in [9.17, 15) is 15.2 Å². The maximum Gasteiger partial charge on any atom is 0.119 e. The summed E-state index contributed by atoms with van der Waals surface area (Å²) in [5.74, 6) is 0. The molecule has 3 aromatic rings. The van der Waals surface area contributed by atoms with Gasteiger partial charge in [0.15, 0.2) is 0 Å². The zero-order valence-corrected chi connectivity index (χ0v) is 15.1. The smallest absolute Gasteiger partial charge is 0.119 e. The molecule has 3 rings (SSSR count). The maximum atomic E-state index is 12.1. The molecule has 0 spiro atoms. The van der Waals surface area contributed by atoms with Gasteiger partial charge in [-0.05, 0) is 29.8 Å². The molecule has 1 unspecified atom stereocenters. The van der Waals surface area contributed by atoms with Crippen molar-refractivity contribution in [2.45, 2.75) is 6.10 Å². The van der Waals surface area contributed by atoms with Crippen molar-refractivity contribution >= 4 is 0 Å². The molecule has 0 aliphatic heterocycles. The molecule has 5 nitrogen and oxygen atoms in total. The number of nitrogens with zero attached hydrogens (tertiary/aromatic N) is 3. The molecule has 0 bridgehead atoms. The van der Waals surface area contributed by atoms with Gasteiger partial charge < -0.3 is 14.9 Å². The minimum Gasteiger partial charge on any atom is -0.629 e. The van der Waals surface area contributed by atoms with Crippen LogP contribution in [0.5, 0.6) is 0 Å². The van der Waals surface area contributed by atoms with Crippen molar-refractivity contribution in [3.05, 3.63) is 88.1 Å². The molecule has 0 saturated carbocycles. The van der Waals surface area contributed by atoms with Gasteiger partial charge in [-0.25, -0.2) is 0 Å². The minimum absolute atomic E-state index is 0. The van der Waals surface area contributed by atoms with Crippen LogP contribution < -0.4 is 10.5 Å². The normalized spacial score (nSPS) is 11.2. The number of pyridine rings is 2. The molecule has 1 N–H and O–H groups in total. The van der Waals surface area contributed by atoms with Gasteiger partial charge in [0.05, 0.1) is 22.9 Å². The fraction of sp³-hybridized carbons (Fsp3) is 0.0556. The Morgan fingerprint density at radius 1 is 1.12 bits per heavy atom. The summed E-state index contributed by atoms with van der Waals surface area (Å²) in [5, 5.41) is 19.6. The van der Waals surface area contributed by atoms with Crippen LogP contribution >= 0.6 is 0 Å². The zero-order chi connectivity index (χ0) is 16.2. The molecule has 0 aliphatic carbocycles. The number of aliphatic hydroxyl groups is 1. The molecular weight excluding hydrogens is 476 g/mol. The SMILES string of the molecule is N#Cc1ccccc1-c1cc(C(O)c2ccccn2)c[n-]c1=O.[Re]. The Labute approximate surface area is 152 Å². The van der Waals surface area contributed by atoms with E-state index in [0.29, 0.717) is 22.4 Å². The van der Waals surface area contributed by atoms with Crippen LogP contribution in [0, 0.1) is 11.3 Å². The molecule has 24 heavy (non-hydrogen) atoms. The topological polar surface area (TPSA) is 88.1 Å². The van der Waals surface area contributed by atoms with Crippen molar-refractivity contribution in [3.8, 4) is 17.2 Å². The predicted molar refractivity (Wildman–Crippen MR) is 84.5 cm³/mol. The van der Waals surface area contributed by atoms with Crippen molar-refractivity contribution in [3.63, 3.8) is 0 Å². The number of aromatic nitrogens is 2. The number of benzene rings is 1. The van der Waals surface area contributed by atoms with Crippen LogP contribution in [0.3, 0.4) is 0 Å². The van der Waals surface area contributed by atoms with Gasteiger partial charge in [0.2, 0.25) is 0 Å². The van der Waals surface area contributed by atoms with Gasteiger partial charge in [-0.2, -0.15) is 11.5 Å². The van der Waals surface area contributed by atoms with Gasteiger partial charge in [-0.1, -0.05) is 24.3 Å². The monoisotopic (exact) mass is 489 g/mol. The summed E-state index contributed by atoms with van der Waals surface area (Å²) >= 11 is 0. The number of hydrogen-bond donors (Lipinski definition) is 1. The molecule has 1 atom stereocenters. The number of aliphatic hydroxyl groups excluding tert-OH is 1. The van der Waals surface area contributed by atoms with E-state index in [2.05, 4.69) is 16.0 Å². The van der Waals surface area contributed by atoms with E-state index in [4.69, 9.17) is 0 Å². The quantitative estimate of drug-likeness (QED) is 0.610. The Balaban J connectivity index is 0.00000208. The first-order valence-electron chi connectivity index (χ1n) is 6.96. The Morgan fingerprint density at radius 3 is 2.58 bits per heavy atom. The summed E-state index contributed by atoms with van der Waals surface area (Å²) < 4.78 is 0. The summed E-state index contributed by atoms with van der Waals surface area (Å²) in [5.41, 5.74) is 1.65. The summed E-state index contributed by atoms with van der Waals surface area (Å²) in [7, 11) is 0. The van der Waals surface area contributed by atoms with Gasteiger partial charge in [0.1, 0.15) is 6.10 Å². The van der Waals surface area contributed by atoms with E-state index in [1.807, 2.05) is 0 Å². The summed E-state index contributed by atoms with van der Waals surface area (Å²) in [4.78, 5) is 20.0. The Kier molecular flexibility index (Phi) is 5.79. The van der Waals surface area contributed by atoms with E-state index in [-0.39, 0.29) is 26.0 Å². The standard InChI is InChI=1S/C18H13N3O2.Re/c19-10-12-5-1-2-6-14(12)15-9-13(11-21-18(15)23)17(22)16-7-3-4-8-20-16;/h1-9,11,17,22H,(H,21,23);/p-1. The average Bonchev–Trinajstić information content (AvgIpc) is 2.62. The van der Waals surface area contributed by atoms with E-state index in [1.54, 1.807) is 54.7 Å². The van der Waals surface area contributed by atoms with Gasteiger partial charge in [0.25, 0.3) is 0 Å². The maximum absolute atomic E-state index is 12.1. The molecule has 6 heteroatoms. The van der Waals surface area contributed by atoms with E-state index < -0.39 is 11.7 Å². The first-order valence-corrected chi connectivity index (χ1v) is 6.96. The predicted octanol–water partition coefficient (Wildman–Crippen LogP) is 2.02. The fourth-order valence-electron chi connectivity index (χ4n) is 2.33. The van der Waals surface area contributed by atoms with Crippen molar-refractivity contribution in [2.75, 3.05) is 0 Å². The largest absolute Gasteiger partial charge is 0.629 e. The third kappa shape index (κ3) is 3.50. The average molecular weight is 489 g/mol. The second-order valence-electron chi connectivity index (χ2n) is 4.94. The summed E-state index contributed by atoms with van der Waals surface area (Å²) in [6, 6.07) is 15.6. The Hall–Kier alpha value is -2.57. The number of hydrogen-bond acceptors (Lipinski definition) is 4. The molecule has 0 aliphatic rings. The molecule has 0 saturated heterocycles. The second-order valence-corrected chi connectivity index (χ2v) is 4.94. The summed E-state index contributed by atoms with van der Waals surface area (Å²) in [6.45, 7) is 0. The zero-order valence-electron chi connectivity index (χ0n) is 12.4. The molecule has 119 valence electrons. The molecule has 0 fully saturated rings. The van der Waals surface area contributed by atoms with Gasteiger partial charge in [-0.3, -0.25) is 4.98 Å². The summed E-state index contributed by atoms with van der Waals surface area (Å²) in [6.07, 6.45) is 1.93. The minimum atomic E-state index is -0.989. The van der Waals surface area contributed by atoms with Gasteiger partial charge in [-0.15, -0.1) is 0 Å². The fourth-order valence-corrected chi connectivity index (χ4v) is 2.33. The molecular formula is C18H12N3O2Re-. The van der Waals surface area contributed by atoms with Gasteiger partial charge >= 0.3 is 0 Å². The van der Waals surface area contributed by atoms with Crippen LogP contribution in [0.2, 0.25) is 0 Å². The van der Waals surface area contributed by atoms with E-state index >= 15 is 0 Å². The van der Waals surface area contributed by atoms with E-state index in [0.717, 1.165) is 0 Å². The molecule has 0 amide bonds.